The third kappa shape index (κ3) is 0.713. The minimum atomic E-state index is 0.130. The molecule has 1 heterocycles. The molecule has 2 nitrogen and oxygen atoms in total. The first kappa shape index (κ1) is 5.21. The van der Waals surface area contributed by atoms with Crippen molar-refractivity contribution in [3.8, 4) is 0 Å². The van der Waals surface area contributed by atoms with E-state index in [0.29, 0.717) is 0 Å². The van der Waals surface area contributed by atoms with Crippen molar-refractivity contribution < 1.29 is 9.84 Å². The zero-order valence-corrected chi connectivity index (χ0v) is 4.95. The van der Waals surface area contributed by atoms with E-state index in [2.05, 4.69) is 0 Å². The summed E-state index contributed by atoms with van der Waals surface area (Å²) in [5.41, 5.74) is 1.00. The highest BCUT2D eigenvalue weighted by Gasteiger charge is 2.40. The van der Waals surface area contributed by atoms with Gasteiger partial charge in [-0.2, -0.15) is 0 Å². The molecule has 2 atom stereocenters. The van der Waals surface area contributed by atoms with Gasteiger partial charge in [-0.3, -0.25) is 0 Å². The van der Waals surface area contributed by atoms with Gasteiger partial charge < -0.3 is 9.84 Å². The van der Waals surface area contributed by atoms with Crippen LogP contribution in [0, 0.1) is 0 Å². The van der Waals surface area contributed by atoms with Crippen molar-refractivity contribution in [1.82, 2.24) is 0 Å². The van der Waals surface area contributed by atoms with Gasteiger partial charge >= 0.3 is 0 Å². The van der Waals surface area contributed by atoms with Gasteiger partial charge in [0.2, 0.25) is 0 Å². The standard InChI is InChI=1S/C7H8O2/c8-4-5-2-1-3-6-7(5)9-6/h1-3,6-8H,4H2. The summed E-state index contributed by atoms with van der Waals surface area (Å²) < 4.78 is 5.17. The van der Waals surface area contributed by atoms with Crippen LogP contribution in [-0.4, -0.2) is 23.9 Å². The molecule has 0 aromatic rings. The highest BCUT2D eigenvalue weighted by atomic mass is 16.6. The van der Waals surface area contributed by atoms with E-state index in [4.69, 9.17) is 9.84 Å². The number of fused-ring (bicyclic) bond motifs is 1. The summed E-state index contributed by atoms with van der Waals surface area (Å²) in [5, 5.41) is 8.71. The maximum atomic E-state index is 8.71. The van der Waals surface area contributed by atoms with Crippen LogP contribution in [-0.2, 0) is 4.74 Å². The van der Waals surface area contributed by atoms with Gasteiger partial charge in [0.25, 0.3) is 0 Å². The molecule has 1 fully saturated rings. The number of rotatable bonds is 1. The van der Waals surface area contributed by atoms with Gasteiger partial charge in [0.15, 0.2) is 0 Å². The van der Waals surface area contributed by atoms with Crippen LogP contribution in [0.25, 0.3) is 0 Å². The second-order valence-electron chi connectivity index (χ2n) is 2.31. The molecule has 0 spiro atoms. The van der Waals surface area contributed by atoms with Gasteiger partial charge in [0, 0.05) is 0 Å². The third-order valence-electron chi connectivity index (χ3n) is 1.68. The summed E-state index contributed by atoms with van der Waals surface area (Å²) in [7, 11) is 0. The van der Waals surface area contributed by atoms with Crippen molar-refractivity contribution in [2.24, 2.45) is 0 Å². The van der Waals surface area contributed by atoms with Crippen molar-refractivity contribution in [2.45, 2.75) is 12.2 Å². The Morgan fingerprint density at radius 1 is 1.67 bits per heavy atom. The first-order chi connectivity index (χ1) is 4.42. The van der Waals surface area contributed by atoms with Gasteiger partial charge in [-0.25, -0.2) is 0 Å². The molecule has 0 amide bonds. The molecule has 2 heteroatoms. The van der Waals surface area contributed by atoms with Gasteiger partial charge in [-0.15, -0.1) is 0 Å². The van der Waals surface area contributed by atoms with E-state index >= 15 is 0 Å². The lowest BCUT2D eigenvalue weighted by molar-refractivity contribution is 0.313. The molecular weight excluding hydrogens is 116 g/mol. The van der Waals surface area contributed by atoms with Gasteiger partial charge in [-0.1, -0.05) is 18.2 Å². The molecule has 0 bridgehead atoms. The Morgan fingerprint density at radius 3 is 3.22 bits per heavy atom. The summed E-state index contributed by atoms with van der Waals surface area (Å²) in [5.74, 6) is 0. The quantitative estimate of drug-likeness (QED) is 0.508. The predicted octanol–water partition coefficient (Wildman–Crippen LogP) is 0.242. The molecule has 1 aliphatic heterocycles. The van der Waals surface area contributed by atoms with Crippen LogP contribution in [0.3, 0.4) is 0 Å². The zero-order valence-electron chi connectivity index (χ0n) is 4.95. The summed E-state index contributed by atoms with van der Waals surface area (Å²) in [6, 6.07) is 0. The minimum absolute atomic E-state index is 0.130. The first-order valence-corrected chi connectivity index (χ1v) is 3.05. The molecular formula is C7H8O2. The van der Waals surface area contributed by atoms with Crippen LogP contribution >= 0.6 is 0 Å². The molecule has 48 valence electrons. The molecule has 1 N–H and O–H groups in total. The normalized spacial score (nSPS) is 37.7. The molecule has 0 saturated carbocycles. The molecule has 1 aliphatic carbocycles. The third-order valence-corrected chi connectivity index (χ3v) is 1.68. The summed E-state index contributed by atoms with van der Waals surface area (Å²) in [6.45, 7) is 0.130. The topological polar surface area (TPSA) is 32.8 Å². The smallest absolute Gasteiger partial charge is 0.112 e. The molecule has 2 aliphatic rings. The molecule has 9 heavy (non-hydrogen) atoms. The highest BCUT2D eigenvalue weighted by Crippen LogP contribution is 2.32. The number of allylic oxidation sites excluding steroid dienone is 2. The molecule has 1 saturated heterocycles. The molecule has 0 radical (unpaired) electrons. The van der Waals surface area contributed by atoms with E-state index in [1.54, 1.807) is 0 Å². The van der Waals surface area contributed by atoms with E-state index in [-0.39, 0.29) is 18.8 Å². The van der Waals surface area contributed by atoms with Crippen molar-refractivity contribution in [1.29, 1.82) is 0 Å². The number of aliphatic hydroxyl groups excluding tert-OH is 1. The van der Waals surface area contributed by atoms with Crippen LogP contribution in [0.1, 0.15) is 0 Å². The number of ether oxygens (including phenoxy) is 1. The van der Waals surface area contributed by atoms with Crippen molar-refractivity contribution in [3.05, 3.63) is 23.8 Å². The van der Waals surface area contributed by atoms with Crippen LogP contribution in [0.5, 0.6) is 0 Å². The number of epoxide rings is 1. The summed E-state index contributed by atoms with van der Waals surface area (Å²) in [4.78, 5) is 0. The van der Waals surface area contributed by atoms with Gasteiger partial charge in [-0.05, 0) is 5.57 Å². The van der Waals surface area contributed by atoms with Crippen LogP contribution in [0.4, 0.5) is 0 Å². The average Bonchev–Trinajstić information content (AvgIpc) is 2.64. The Balaban J connectivity index is 2.20. The maximum Gasteiger partial charge on any atom is 0.112 e. The Labute approximate surface area is 53.4 Å². The largest absolute Gasteiger partial charge is 0.392 e. The van der Waals surface area contributed by atoms with E-state index < -0.39 is 0 Å². The van der Waals surface area contributed by atoms with Crippen molar-refractivity contribution >= 4 is 0 Å². The molecule has 2 unspecified atom stereocenters. The second kappa shape index (κ2) is 1.69. The second-order valence-corrected chi connectivity index (χ2v) is 2.31. The Bertz CT molecular complexity index is 181. The monoisotopic (exact) mass is 124 g/mol. The molecule has 2 rings (SSSR count). The van der Waals surface area contributed by atoms with E-state index in [0.717, 1.165) is 5.57 Å². The zero-order chi connectivity index (χ0) is 6.27. The molecule has 0 aromatic heterocycles. The maximum absolute atomic E-state index is 8.71. The minimum Gasteiger partial charge on any atom is -0.392 e. The van der Waals surface area contributed by atoms with Crippen molar-refractivity contribution in [2.75, 3.05) is 6.61 Å². The van der Waals surface area contributed by atoms with Gasteiger partial charge in [0.1, 0.15) is 12.2 Å². The van der Waals surface area contributed by atoms with E-state index in [1.165, 1.54) is 0 Å². The Hall–Kier alpha value is -0.600. The number of hydrogen-bond acceptors (Lipinski definition) is 2. The number of aliphatic hydroxyl groups is 1. The highest BCUT2D eigenvalue weighted by molar-refractivity contribution is 5.31. The van der Waals surface area contributed by atoms with Crippen LogP contribution in [0.15, 0.2) is 23.8 Å². The van der Waals surface area contributed by atoms with Crippen molar-refractivity contribution in [3.63, 3.8) is 0 Å². The predicted molar refractivity (Wildman–Crippen MR) is 33.0 cm³/mol. The summed E-state index contributed by atoms with van der Waals surface area (Å²) in [6.07, 6.45) is 6.33. The van der Waals surface area contributed by atoms with E-state index in [1.807, 2.05) is 18.2 Å². The van der Waals surface area contributed by atoms with Crippen LogP contribution in [0.2, 0.25) is 0 Å². The fourth-order valence-electron chi connectivity index (χ4n) is 1.09. The number of hydrogen-bond donors (Lipinski definition) is 1. The van der Waals surface area contributed by atoms with Crippen LogP contribution < -0.4 is 0 Å². The van der Waals surface area contributed by atoms with E-state index in [9.17, 15) is 0 Å². The fourth-order valence-corrected chi connectivity index (χ4v) is 1.09. The van der Waals surface area contributed by atoms with Gasteiger partial charge in [0.05, 0.1) is 6.61 Å². The fraction of sp³-hybridized carbons (Fsp3) is 0.429. The summed E-state index contributed by atoms with van der Waals surface area (Å²) >= 11 is 0. The first-order valence-electron chi connectivity index (χ1n) is 3.05. The lowest BCUT2D eigenvalue weighted by Gasteiger charge is -1.98. The average molecular weight is 124 g/mol. The SMILES string of the molecule is OCC1=CC=CC2OC12. The Kier molecular flexibility index (Phi) is 0.976. The molecule has 0 aromatic carbocycles. The lowest BCUT2D eigenvalue weighted by atomic mass is 10.1. The lowest BCUT2D eigenvalue weighted by Crippen LogP contribution is -2.03. The Morgan fingerprint density at radius 2 is 2.56 bits per heavy atom.